The van der Waals surface area contributed by atoms with Crippen LogP contribution in [-0.2, 0) is 7.05 Å². The summed E-state index contributed by atoms with van der Waals surface area (Å²) in [6.07, 6.45) is 4.85. The van der Waals surface area contributed by atoms with Crippen LogP contribution in [0.4, 0.5) is 0 Å². The topological polar surface area (TPSA) is 43.8 Å². The fraction of sp³-hybridized carbons (Fsp3) is 0.357. The third-order valence-corrected chi connectivity index (χ3v) is 5.08. The van der Waals surface area contributed by atoms with Crippen LogP contribution in [0, 0.1) is 0 Å². The lowest BCUT2D eigenvalue weighted by Crippen LogP contribution is -2.25. The lowest BCUT2D eigenvalue weighted by molar-refractivity contribution is 0.633. The van der Waals surface area contributed by atoms with Crippen molar-refractivity contribution in [3.8, 4) is 0 Å². The minimum atomic E-state index is 0.115. The predicted molar refractivity (Wildman–Crippen MR) is 84.2 cm³/mol. The first-order valence-electron chi connectivity index (χ1n) is 6.27. The highest BCUT2D eigenvalue weighted by Gasteiger charge is 2.22. The number of thioether (sulfide) groups is 1. The molecule has 2 atom stereocenters. The Kier molecular flexibility index (Phi) is 5.07. The van der Waals surface area contributed by atoms with E-state index in [1.54, 1.807) is 11.8 Å². The Morgan fingerprint density at radius 2 is 2.16 bits per heavy atom. The van der Waals surface area contributed by atoms with Crippen LogP contribution in [0.15, 0.2) is 46.0 Å². The second-order valence-electron chi connectivity index (χ2n) is 4.48. The first kappa shape index (κ1) is 14.6. The molecule has 0 spiro atoms. The summed E-state index contributed by atoms with van der Waals surface area (Å²) in [5.74, 6) is 0. The predicted octanol–water partition coefficient (Wildman–Crippen LogP) is 3.75. The van der Waals surface area contributed by atoms with Crippen molar-refractivity contribution in [2.24, 2.45) is 12.8 Å². The highest BCUT2D eigenvalue weighted by molar-refractivity contribution is 9.10. The molecule has 0 fully saturated rings. The smallest absolute Gasteiger partial charge is 0.0626 e. The maximum atomic E-state index is 6.30. The number of nitrogens with zero attached hydrogens (tertiary/aromatic N) is 2. The van der Waals surface area contributed by atoms with Gasteiger partial charge in [0.15, 0.2) is 0 Å². The zero-order valence-corrected chi connectivity index (χ0v) is 13.5. The molecule has 0 aliphatic carbocycles. The highest BCUT2D eigenvalue weighted by Crippen LogP contribution is 2.40. The van der Waals surface area contributed by atoms with Gasteiger partial charge in [0.2, 0.25) is 0 Å². The van der Waals surface area contributed by atoms with Gasteiger partial charge in [0.05, 0.1) is 11.4 Å². The third-order valence-electron chi connectivity index (χ3n) is 3.02. The average molecular weight is 340 g/mol. The maximum absolute atomic E-state index is 6.30. The first-order valence-corrected chi connectivity index (χ1v) is 7.94. The molecule has 2 unspecified atom stereocenters. The molecule has 1 aromatic carbocycles. The molecule has 2 aromatic rings. The number of halogens is 1. The quantitative estimate of drug-likeness (QED) is 0.843. The van der Waals surface area contributed by atoms with E-state index < -0.39 is 0 Å². The summed E-state index contributed by atoms with van der Waals surface area (Å²) in [5.41, 5.74) is 7.55. The van der Waals surface area contributed by atoms with Crippen molar-refractivity contribution in [1.29, 1.82) is 0 Å². The van der Waals surface area contributed by atoms with Crippen LogP contribution in [-0.4, -0.2) is 15.8 Å². The molecule has 0 amide bonds. The van der Waals surface area contributed by atoms with Crippen LogP contribution in [0.3, 0.4) is 0 Å². The van der Waals surface area contributed by atoms with E-state index in [1.165, 1.54) is 5.56 Å². The fourth-order valence-corrected chi connectivity index (χ4v) is 3.90. The van der Waals surface area contributed by atoms with Crippen LogP contribution >= 0.6 is 27.7 Å². The standard InChI is InChI=1S/C14H18BrN3S/c1-3-13(16)14(11-6-4-5-7-12(11)15)19-10-8-17-18(2)9-10/h4-9,13-14H,3,16H2,1-2H3. The van der Waals surface area contributed by atoms with E-state index in [4.69, 9.17) is 5.73 Å². The number of nitrogens with two attached hydrogens (primary N) is 1. The molecule has 1 heterocycles. The largest absolute Gasteiger partial charge is 0.326 e. The molecular weight excluding hydrogens is 322 g/mol. The minimum absolute atomic E-state index is 0.115. The molecule has 3 nitrogen and oxygen atoms in total. The summed E-state index contributed by atoms with van der Waals surface area (Å²) in [5, 5.41) is 4.44. The fourth-order valence-electron chi connectivity index (χ4n) is 1.91. The van der Waals surface area contributed by atoms with E-state index >= 15 is 0 Å². The summed E-state index contributed by atoms with van der Waals surface area (Å²) in [6, 6.07) is 8.39. The Morgan fingerprint density at radius 3 is 2.74 bits per heavy atom. The summed E-state index contributed by atoms with van der Waals surface area (Å²) >= 11 is 5.39. The van der Waals surface area contributed by atoms with E-state index in [0.29, 0.717) is 0 Å². The van der Waals surface area contributed by atoms with Gasteiger partial charge in [-0.1, -0.05) is 41.1 Å². The molecule has 2 rings (SSSR count). The number of aryl methyl sites for hydroxylation is 1. The summed E-state index contributed by atoms with van der Waals surface area (Å²) < 4.78 is 2.93. The average Bonchev–Trinajstić information content (AvgIpc) is 2.82. The van der Waals surface area contributed by atoms with Crippen LogP contribution in [0.5, 0.6) is 0 Å². The van der Waals surface area contributed by atoms with Gasteiger partial charge in [-0.25, -0.2) is 0 Å². The van der Waals surface area contributed by atoms with Gasteiger partial charge >= 0.3 is 0 Å². The van der Waals surface area contributed by atoms with Gasteiger partial charge < -0.3 is 5.73 Å². The second-order valence-corrected chi connectivity index (χ2v) is 6.55. The van der Waals surface area contributed by atoms with Crippen molar-refractivity contribution in [2.45, 2.75) is 29.5 Å². The Balaban J connectivity index is 2.29. The number of rotatable bonds is 5. The Morgan fingerprint density at radius 1 is 1.42 bits per heavy atom. The Labute approximate surface area is 126 Å². The molecule has 0 saturated heterocycles. The van der Waals surface area contributed by atoms with Gasteiger partial charge in [-0.3, -0.25) is 4.68 Å². The molecule has 0 aliphatic heterocycles. The molecule has 1 aromatic heterocycles. The molecule has 102 valence electrons. The van der Waals surface area contributed by atoms with Crippen molar-refractivity contribution < 1.29 is 0 Å². The summed E-state index contributed by atoms with van der Waals surface area (Å²) in [6.45, 7) is 2.12. The first-order chi connectivity index (χ1) is 9.11. The van der Waals surface area contributed by atoms with Gasteiger partial charge in [0.1, 0.15) is 0 Å². The molecule has 2 N–H and O–H groups in total. The highest BCUT2D eigenvalue weighted by atomic mass is 79.9. The third kappa shape index (κ3) is 3.61. The number of aromatic nitrogens is 2. The van der Waals surface area contributed by atoms with Crippen molar-refractivity contribution in [1.82, 2.24) is 9.78 Å². The van der Waals surface area contributed by atoms with Crippen molar-refractivity contribution in [2.75, 3.05) is 0 Å². The van der Waals surface area contributed by atoms with Crippen LogP contribution < -0.4 is 5.73 Å². The van der Waals surface area contributed by atoms with Gasteiger partial charge in [0, 0.05) is 28.7 Å². The lowest BCUT2D eigenvalue weighted by Gasteiger charge is -2.23. The van der Waals surface area contributed by atoms with Crippen LogP contribution in [0.2, 0.25) is 0 Å². The minimum Gasteiger partial charge on any atom is -0.326 e. The van der Waals surface area contributed by atoms with E-state index in [-0.39, 0.29) is 11.3 Å². The molecule has 0 saturated carbocycles. The van der Waals surface area contributed by atoms with Gasteiger partial charge in [-0.15, -0.1) is 11.8 Å². The second kappa shape index (κ2) is 6.59. The molecular formula is C14H18BrN3S. The molecule has 0 radical (unpaired) electrons. The zero-order chi connectivity index (χ0) is 13.8. The van der Waals surface area contributed by atoms with Crippen molar-refractivity contribution in [3.05, 3.63) is 46.7 Å². The number of benzene rings is 1. The lowest BCUT2D eigenvalue weighted by atomic mass is 10.0. The van der Waals surface area contributed by atoms with E-state index in [2.05, 4.69) is 46.2 Å². The molecule has 19 heavy (non-hydrogen) atoms. The van der Waals surface area contributed by atoms with E-state index in [9.17, 15) is 0 Å². The number of hydrogen-bond donors (Lipinski definition) is 1. The SMILES string of the molecule is CCC(N)C(Sc1cnn(C)c1)c1ccccc1Br. The molecule has 0 aliphatic rings. The van der Waals surface area contributed by atoms with Crippen LogP contribution in [0.1, 0.15) is 24.2 Å². The Bertz CT molecular complexity index is 541. The summed E-state index contributed by atoms with van der Waals surface area (Å²) in [4.78, 5) is 1.15. The molecule has 5 heteroatoms. The van der Waals surface area contributed by atoms with E-state index in [1.807, 2.05) is 30.2 Å². The molecule has 0 bridgehead atoms. The Hall–Kier alpha value is -0.780. The van der Waals surface area contributed by atoms with E-state index in [0.717, 1.165) is 15.8 Å². The number of hydrogen-bond acceptors (Lipinski definition) is 3. The maximum Gasteiger partial charge on any atom is 0.0626 e. The normalized spacial score (nSPS) is 14.3. The van der Waals surface area contributed by atoms with Gasteiger partial charge in [-0.2, -0.15) is 5.10 Å². The monoisotopic (exact) mass is 339 g/mol. The van der Waals surface area contributed by atoms with Crippen LogP contribution in [0.25, 0.3) is 0 Å². The van der Waals surface area contributed by atoms with Gasteiger partial charge in [-0.05, 0) is 18.1 Å². The van der Waals surface area contributed by atoms with Gasteiger partial charge in [0.25, 0.3) is 0 Å². The van der Waals surface area contributed by atoms with Crippen molar-refractivity contribution >= 4 is 27.7 Å². The summed E-state index contributed by atoms with van der Waals surface area (Å²) in [7, 11) is 1.93. The van der Waals surface area contributed by atoms with Crippen molar-refractivity contribution in [3.63, 3.8) is 0 Å². The zero-order valence-electron chi connectivity index (χ0n) is 11.1.